The number of nitrogens with one attached hydrogen (secondary N) is 2. The van der Waals surface area contributed by atoms with Crippen LogP contribution in [-0.4, -0.2) is 83.0 Å². The highest BCUT2D eigenvalue weighted by atomic mass is 16.6. The summed E-state index contributed by atoms with van der Waals surface area (Å²) in [5, 5.41) is 10.7. The lowest BCUT2D eigenvalue weighted by Gasteiger charge is -2.30. The van der Waals surface area contributed by atoms with E-state index in [0.29, 0.717) is 31.7 Å². The fourth-order valence-corrected chi connectivity index (χ4v) is 3.60. The first-order valence-electron chi connectivity index (χ1n) is 9.98. The van der Waals surface area contributed by atoms with Crippen LogP contribution in [0.25, 0.3) is 0 Å². The van der Waals surface area contributed by atoms with Crippen molar-refractivity contribution in [3.05, 3.63) is 17.0 Å². The van der Waals surface area contributed by atoms with Gasteiger partial charge in [-0.25, -0.2) is 4.79 Å². The van der Waals surface area contributed by atoms with Crippen LogP contribution in [0.2, 0.25) is 0 Å². The summed E-state index contributed by atoms with van der Waals surface area (Å²) in [6, 6.07) is 0. The van der Waals surface area contributed by atoms with Crippen LogP contribution < -0.4 is 10.6 Å². The van der Waals surface area contributed by atoms with E-state index in [9.17, 15) is 9.59 Å². The molecular weight excluding hydrogens is 360 g/mol. The van der Waals surface area contributed by atoms with Gasteiger partial charge in [0.25, 0.3) is 5.91 Å². The van der Waals surface area contributed by atoms with Crippen LogP contribution in [0.3, 0.4) is 0 Å². The zero-order chi connectivity index (χ0) is 20.3. The highest BCUT2D eigenvalue weighted by Gasteiger charge is 2.31. The van der Waals surface area contributed by atoms with Gasteiger partial charge < -0.3 is 20.3 Å². The van der Waals surface area contributed by atoms with E-state index in [1.807, 2.05) is 27.8 Å². The topological polar surface area (TPSA) is 91.7 Å². The van der Waals surface area contributed by atoms with Gasteiger partial charge >= 0.3 is 6.09 Å². The Hall–Kier alpha value is -2.13. The van der Waals surface area contributed by atoms with E-state index >= 15 is 0 Å². The highest BCUT2D eigenvalue weighted by Crippen LogP contribution is 2.23. The van der Waals surface area contributed by atoms with Crippen molar-refractivity contribution in [2.75, 3.05) is 45.8 Å². The molecule has 28 heavy (non-hydrogen) atoms. The highest BCUT2D eigenvalue weighted by molar-refractivity contribution is 5.94. The van der Waals surface area contributed by atoms with Crippen molar-refractivity contribution in [3.8, 4) is 0 Å². The van der Waals surface area contributed by atoms with Crippen molar-refractivity contribution < 1.29 is 14.3 Å². The van der Waals surface area contributed by atoms with Gasteiger partial charge in [0.2, 0.25) is 0 Å². The van der Waals surface area contributed by atoms with Gasteiger partial charge in [0.15, 0.2) is 5.69 Å². The molecule has 2 aliphatic rings. The van der Waals surface area contributed by atoms with Crippen molar-refractivity contribution >= 4 is 12.0 Å². The predicted octanol–water partition coefficient (Wildman–Crippen LogP) is 0.348. The number of piperazine rings is 1. The zero-order valence-corrected chi connectivity index (χ0v) is 17.4. The Labute approximate surface area is 166 Å². The second-order valence-electron chi connectivity index (χ2n) is 8.40. The summed E-state index contributed by atoms with van der Waals surface area (Å²) >= 11 is 0. The van der Waals surface area contributed by atoms with Crippen molar-refractivity contribution in [1.82, 2.24) is 30.2 Å². The Morgan fingerprint density at radius 1 is 1.21 bits per heavy atom. The molecule has 2 aliphatic heterocycles. The van der Waals surface area contributed by atoms with Gasteiger partial charge in [-0.05, 0) is 20.8 Å². The summed E-state index contributed by atoms with van der Waals surface area (Å²) in [6.07, 6.45) is 0.304. The maximum atomic E-state index is 12.7. The van der Waals surface area contributed by atoms with E-state index in [1.54, 1.807) is 9.58 Å². The van der Waals surface area contributed by atoms with E-state index in [1.165, 1.54) is 0 Å². The van der Waals surface area contributed by atoms with Gasteiger partial charge in [-0.1, -0.05) is 0 Å². The predicted molar refractivity (Wildman–Crippen MR) is 105 cm³/mol. The second kappa shape index (κ2) is 8.48. The maximum Gasteiger partial charge on any atom is 0.410 e. The third-order valence-electron chi connectivity index (χ3n) is 5.03. The zero-order valence-electron chi connectivity index (χ0n) is 17.4. The minimum atomic E-state index is -0.545. The number of aryl methyl sites for hydroxylation is 1. The number of carbonyl (C=O) groups excluding carboxylic acids is 2. The maximum absolute atomic E-state index is 12.7. The standard InChI is InChI=1S/C19H32N6O3/c1-19(2,3)28-18(27)25-9-5-15-14(13-25)16(22-23(15)4)17(26)21-8-12-24-10-6-20-7-11-24/h20H,5-13H2,1-4H3,(H,21,26). The summed E-state index contributed by atoms with van der Waals surface area (Å²) in [7, 11) is 1.85. The van der Waals surface area contributed by atoms with Gasteiger partial charge in [-0.2, -0.15) is 5.10 Å². The molecule has 0 saturated carbocycles. The lowest BCUT2D eigenvalue weighted by atomic mass is 10.1. The molecule has 0 unspecified atom stereocenters. The van der Waals surface area contributed by atoms with Crippen molar-refractivity contribution in [3.63, 3.8) is 0 Å². The smallest absolute Gasteiger partial charge is 0.410 e. The Morgan fingerprint density at radius 2 is 1.93 bits per heavy atom. The number of hydrogen-bond acceptors (Lipinski definition) is 6. The van der Waals surface area contributed by atoms with E-state index in [2.05, 4.69) is 20.6 Å². The first-order chi connectivity index (χ1) is 13.2. The fraction of sp³-hybridized carbons (Fsp3) is 0.737. The Balaban J connectivity index is 1.62. The van der Waals surface area contributed by atoms with Crippen LogP contribution >= 0.6 is 0 Å². The molecule has 2 N–H and O–H groups in total. The molecular formula is C19H32N6O3. The SMILES string of the molecule is Cn1nc(C(=O)NCCN2CCNCC2)c2c1CCN(C(=O)OC(C)(C)C)C2. The number of fused-ring (bicyclic) bond motifs is 1. The van der Waals surface area contributed by atoms with Gasteiger partial charge in [0.1, 0.15) is 5.60 Å². The van der Waals surface area contributed by atoms with Crippen LogP contribution in [0.1, 0.15) is 42.5 Å². The Bertz CT molecular complexity index is 718. The lowest BCUT2D eigenvalue weighted by Crippen LogP contribution is -2.46. The summed E-state index contributed by atoms with van der Waals surface area (Å²) in [5.41, 5.74) is 1.69. The summed E-state index contributed by atoms with van der Waals surface area (Å²) in [5.74, 6) is -0.182. The number of nitrogens with zero attached hydrogens (tertiary/aromatic N) is 4. The van der Waals surface area contributed by atoms with E-state index in [0.717, 1.165) is 44.0 Å². The number of carbonyl (C=O) groups is 2. The Morgan fingerprint density at radius 3 is 2.61 bits per heavy atom. The molecule has 3 rings (SSSR count). The van der Waals surface area contributed by atoms with E-state index in [-0.39, 0.29) is 12.0 Å². The number of hydrogen-bond donors (Lipinski definition) is 2. The van der Waals surface area contributed by atoms with Gasteiger partial charge in [0, 0.05) is 70.5 Å². The summed E-state index contributed by atoms with van der Waals surface area (Å²) in [4.78, 5) is 29.1. The molecule has 0 bridgehead atoms. The molecule has 0 aliphatic carbocycles. The molecule has 0 radical (unpaired) electrons. The second-order valence-corrected chi connectivity index (χ2v) is 8.40. The van der Waals surface area contributed by atoms with E-state index < -0.39 is 5.60 Å². The van der Waals surface area contributed by atoms with Crippen molar-refractivity contribution in [2.24, 2.45) is 7.05 Å². The van der Waals surface area contributed by atoms with Crippen LogP contribution in [0, 0.1) is 0 Å². The van der Waals surface area contributed by atoms with Gasteiger partial charge in [-0.15, -0.1) is 0 Å². The minimum absolute atomic E-state index is 0.182. The third-order valence-corrected chi connectivity index (χ3v) is 5.03. The van der Waals surface area contributed by atoms with Crippen LogP contribution in [-0.2, 0) is 24.8 Å². The summed E-state index contributed by atoms with van der Waals surface area (Å²) < 4.78 is 7.24. The van der Waals surface area contributed by atoms with Gasteiger partial charge in [0.05, 0.1) is 6.54 Å². The molecule has 0 spiro atoms. The van der Waals surface area contributed by atoms with Gasteiger partial charge in [-0.3, -0.25) is 14.4 Å². The average molecular weight is 393 g/mol. The van der Waals surface area contributed by atoms with Crippen molar-refractivity contribution in [1.29, 1.82) is 0 Å². The molecule has 1 aromatic rings. The first kappa shape index (κ1) is 20.6. The molecule has 156 valence electrons. The minimum Gasteiger partial charge on any atom is -0.444 e. The monoisotopic (exact) mass is 392 g/mol. The molecule has 0 atom stereocenters. The molecule has 1 aromatic heterocycles. The molecule has 1 fully saturated rings. The quantitative estimate of drug-likeness (QED) is 0.768. The molecule has 0 aromatic carbocycles. The summed E-state index contributed by atoms with van der Waals surface area (Å²) in [6.45, 7) is 11.8. The number of rotatable bonds is 4. The lowest BCUT2D eigenvalue weighted by molar-refractivity contribution is 0.0221. The Kier molecular flexibility index (Phi) is 6.24. The average Bonchev–Trinajstić information content (AvgIpc) is 2.97. The molecule has 9 nitrogen and oxygen atoms in total. The third kappa shape index (κ3) is 5.02. The molecule has 3 heterocycles. The normalized spacial score (nSPS) is 17.9. The van der Waals surface area contributed by atoms with Crippen LogP contribution in [0.5, 0.6) is 0 Å². The molecule has 2 amide bonds. The first-order valence-corrected chi connectivity index (χ1v) is 9.98. The molecule has 1 saturated heterocycles. The van der Waals surface area contributed by atoms with Crippen molar-refractivity contribution in [2.45, 2.75) is 39.3 Å². The number of aromatic nitrogens is 2. The number of amides is 2. The van der Waals surface area contributed by atoms with Crippen LogP contribution in [0.4, 0.5) is 4.79 Å². The largest absolute Gasteiger partial charge is 0.444 e. The number of ether oxygens (including phenoxy) is 1. The van der Waals surface area contributed by atoms with Crippen LogP contribution in [0.15, 0.2) is 0 Å². The fourth-order valence-electron chi connectivity index (χ4n) is 3.60. The van der Waals surface area contributed by atoms with E-state index in [4.69, 9.17) is 4.74 Å². The molecule has 9 heteroatoms.